The maximum Gasteiger partial charge on any atom is 0.274 e. The zero-order valence-corrected chi connectivity index (χ0v) is 15.5. The average Bonchev–Trinajstić information content (AvgIpc) is 3.19. The molecule has 0 N–H and O–H groups in total. The van der Waals surface area contributed by atoms with Gasteiger partial charge in [0, 0.05) is 43.7 Å². The van der Waals surface area contributed by atoms with Crippen LogP contribution in [0.4, 0.5) is 0 Å². The van der Waals surface area contributed by atoms with Crippen LogP contribution in [0.5, 0.6) is 0 Å². The molecule has 1 aliphatic rings. The number of ether oxygens (including phenoxy) is 1. The van der Waals surface area contributed by atoms with Gasteiger partial charge in [0.25, 0.3) is 5.91 Å². The molecular formula is C18H27N5O2. The van der Waals surface area contributed by atoms with Crippen LogP contribution in [0.2, 0.25) is 0 Å². The lowest BCUT2D eigenvalue weighted by atomic mass is 10.2. The molecule has 136 valence electrons. The molecule has 25 heavy (non-hydrogen) atoms. The molecule has 0 aliphatic carbocycles. The highest BCUT2D eigenvalue weighted by Crippen LogP contribution is 2.16. The minimum absolute atomic E-state index is 0.0556. The number of hydrogen-bond donors (Lipinski definition) is 0. The number of carbonyl (C=O) groups is 1. The third-order valence-electron chi connectivity index (χ3n) is 4.50. The van der Waals surface area contributed by atoms with Crippen molar-refractivity contribution in [3.05, 3.63) is 29.2 Å². The van der Waals surface area contributed by atoms with E-state index in [2.05, 4.69) is 15.0 Å². The third kappa shape index (κ3) is 4.16. The molecule has 0 unspecified atom stereocenters. The van der Waals surface area contributed by atoms with Gasteiger partial charge in [0.05, 0.1) is 6.10 Å². The van der Waals surface area contributed by atoms with Crippen LogP contribution >= 0.6 is 0 Å². The predicted molar refractivity (Wildman–Crippen MR) is 95.9 cm³/mol. The SMILES string of the molecule is Cc1cc(C)n2nc(C(=O)N(CCN(C)C)C[C@@H]3CCCO3)cc2n1. The molecule has 0 aromatic carbocycles. The normalized spacial score (nSPS) is 17.6. The van der Waals surface area contributed by atoms with E-state index in [-0.39, 0.29) is 12.0 Å². The molecule has 2 aromatic rings. The second-order valence-corrected chi connectivity index (χ2v) is 7.03. The molecular weight excluding hydrogens is 318 g/mol. The molecule has 1 amide bonds. The minimum atomic E-state index is -0.0556. The van der Waals surface area contributed by atoms with Crippen LogP contribution in [0.3, 0.4) is 0 Å². The Labute approximate surface area is 148 Å². The fourth-order valence-corrected chi connectivity index (χ4v) is 3.18. The zero-order chi connectivity index (χ0) is 18.0. The van der Waals surface area contributed by atoms with E-state index >= 15 is 0 Å². The summed E-state index contributed by atoms with van der Waals surface area (Å²) in [7, 11) is 4.02. The van der Waals surface area contributed by atoms with E-state index in [1.54, 1.807) is 10.6 Å². The highest BCUT2D eigenvalue weighted by Gasteiger charge is 2.25. The van der Waals surface area contributed by atoms with Gasteiger partial charge in [-0.05, 0) is 46.9 Å². The van der Waals surface area contributed by atoms with Crippen molar-refractivity contribution < 1.29 is 9.53 Å². The van der Waals surface area contributed by atoms with Crippen molar-refractivity contribution in [1.29, 1.82) is 0 Å². The van der Waals surface area contributed by atoms with Crippen molar-refractivity contribution in [3.63, 3.8) is 0 Å². The van der Waals surface area contributed by atoms with Gasteiger partial charge in [0.15, 0.2) is 11.3 Å². The molecule has 0 spiro atoms. The van der Waals surface area contributed by atoms with E-state index in [9.17, 15) is 4.79 Å². The number of aromatic nitrogens is 3. The fraction of sp³-hybridized carbons (Fsp3) is 0.611. The molecule has 3 rings (SSSR count). The van der Waals surface area contributed by atoms with E-state index in [1.165, 1.54) is 0 Å². The van der Waals surface area contributed by atoms with E-state index < -0.39 is 0 Å². The van der Waals surface area contributed by atoms with E-state index in [0.717, 1.165) is 37.4 Å². The molecule has 1 saturated heterocycles. The number of carbonyl (C=O) groups excluding carboxylic acids is 1. The van der Waals surface area contributed by atoms with Crippen molar-refractivity contribution in [2.24, 2.45) is 0 Å². The van der Waals surface area contributed by atoms with Gasteiger partial charge in [0.1, 0.15) is 0 Å². The first kappa shape index (κ1) is 17.8. The Kier molecular flexibility index (Phi) is 5.34. The number of nitrogens with zero attached hydrogens (tertiary/aromatic N) is 5. The Morgan fingerprint density at radius 1 is 1.32 bits per heavy atom. The third-order valence-corrected chi connectivity index (χ3v) is 4.50. The highest BCUT2D eigenvalue weighted by molar-refractivity contribution is 5.93. The number of aryl methyl sites for hydroxylation is 2. The van der Waals surface area contributed by atoms with Gasteiger partial charge in [-0.1, -0.05) is 0 Å². The van der Waals surface area contributed by atoms with E-state index in [1.807, 2.05) is 38.9 Å². The smallest absolute Gasteiger partial charge is 0.274 e. The summed E-state index contributed by atoms with van der Waals surface area (Å²) in [6.45, 7) is 6.79. The standard InChI is InChI=1S/C18H27N5O2/c1-13-10-14(2)23-17(19-13)11-16(20-23)18(24)22(8-7-21(3)4)12-15-6-5-9-25-15/h10-11,15H,5-9,12H2,1-4H3/t15-/m0/s1. The van der Waals surface area contributed by atoms with Gasteiger partial charge in [-0.25, -0.2) is 9.50 Å². The van der Waals surface area contributed by atoms with E-state index in [4.69, 9.17) is 4.74 Å². The van der Waals surface area contributed by atoms with Crippen LogP contribution in [0.25, 0.3) is 5.65 Å². The summed E-state index contributed by atoms with van der Waals surface area (Å²) in [5.41, 5.74) is 3.05. The first-order valence-electron chi connectivity index (χ1n) is 8.83. The van der Waals surface area contributed by atoms with Gasteiger partial charge in [-0.3, -0.25) is 4.79 Å². The van der Waals surface area contributed by atoms with Crippen molar-refractivity contribution in [2.45, 2.75) is 32.8 Å². The van der Waals surface area contributed by atoms with Crippen LogP contribution in [0.15, 0.2) is 12.1 Å². The lowest BCUT2D eigenvalue weighted by Gasteiger charge is -2.26. The molecule has 2 aromatic heterocycles. The summed E-state index contributed by atoms with van der Waals surface area (Å²) in [5, 5.41) is 4.48. The quantitative estimate of drug-likeness (QED) is 0.794. The maximum absolute atomic E-state index is 13.1. The number of rotatable bonds is 6. The Hall–Kier alpha value is -1.99. The maximum atomic E-state index is 13.1. The summed E-state index contributed by atoms with van der Waals surface area (Å²) in [6, 6.07) is 3.74. The molecule has 1 fully saturated rings. The minimum Gasteiger partial charge on any atom is -0.376 e. The number of amides is 1. The summed E-state index contributed by atoms with van der Waals surface area (Å²) < 4.78 is 7.46. The summed E-state index contributed by atoms with van der Waals surface area (Å²) in [4.78, 5) is 21.5. The van der Waals surface area contributed by atoms with Crippen LogP contribution in [0.1, 0.15) is 34.7 Å². The van der Waals surface area contributed by atoms with Crippen LogP contribution < -0.4 is 0 Å². The molecule has 7 heteroatoms. The van der Waals surface area contributed by atoms with Crippen molar-refractivity contribution in [3.8, 4) is 0 Å². The summed E-state index contributed by atoms with van der Waals surface area (Å²) in [5.74, 6) is -0.0556. The average molecular weight is 345 g/mol. The van der Waals surface area contributed by atoms with Gasteiger partial charge in [-0.15, -0.1) is 0 Å². The van der Waals surface area contributed by atoms with Crippen LogP contribution in [-0.4, -0.2) is 76.7 Å². The Bertz CT molecular complexity index is 749. The van der Waals surface area contributed by atoms with Crippen LogP contribution in [0, 0.1) is 13.8 Å². The summed E-state index contributed by atoms with van der Waals surface area (Å²) in [6.07, 6.45) is 2.21. The number of likely N-dealkylation sites (N-methyl/N-ethyl adjacent to an activating group) is 1. The van der Waals surface area contributed by atoms with Crippen molar-refractivity contribution in [2.75, 3.05) is 40.3 Å². The Morgan fingerprint density at radius 2 is 2.12 bits per heavy atom. The highest BCUT2D eigenvalue weighted by atomic mass is 16.5. The topological polar surface area (TPSA) is 63.0 Å². The van der Waals surface area contributed by atoms with E-state index in [0.29, 0.717) is 24.4 Å². The Morgan fingerprint density at radius 3 is 2.80 bits per heavy atom. The second kappa shape index (κ2) is 7.49. The second-order valence-electron chi connectivity index (χ2n) is 7.03. The molecule has 1 aliphatic heterocycles. The van der Waals surface area contributed by atoms with Gasteiger partial charge in [0.2, 0.25) is 0 Å². The first-order valence-corrected chi connectivity index (χ1v) is 8.83. The monoisotopic (exact) mass is 345 g/mol. The Balaban J connectivity index is 1.83. The molecule has 0 bridgehead atoms. The van der Waals surface area contributed by atoms with Crippen LogP contribution in [-0.2, 0) is 4.74 Å². The molecule has 1 atom stereocenters. The summed E-state index contributed by atoms with van der Waals surface area (Å²) >= 11 is 0. The lowest BCUT2D eigenvalue weighted by molar-refractivity contribution is 0.0507. The molecule has 0 saturated carbocycles. The molecule has 7 nitrogen and oxygen atoms in total. The number of fused-ring (bicyclic) bond motifs is 1. The largest absolute Gasteiger partial charge is 0.376 e. The molecule has 0 radical (unpaired) electrons. The van der Waals surface area contributed by atoms with Crippen molar-refractivity contribution >= 4 is 11.6 Å². The first-order chi connectivity index (χ1) is 11.9. The van der Waals surface area contributed by atoms with Gasteiger partial charge < -0.3 is 14.5 Å². The lowest BCUT2D eigenvalue weighted by Crippen LogP contribution is -2.41. The zero-order valence-electron chi connectivity index (χ0n) is 15.5. The van der Waals surface area contributed by atoms with Gasteiger partial charge >= 0.3 is 0 Å². The van der Waals surface area contributed by atoms with Crippen molar-refractivity contribution in [1.82, 2.24) is 24.4 Å². The number of hydrogen-bond acceptors (Lipinski definition) is 5. The predicted octanol–water partition coefficient (Wildman–Crippen LogP) is 1.53. The van der Waals surface area contributed by atoms with Gasteiger partial charge in [-0.2, -0.15) is 5.10 Å². The fourth-order valence-electron chi connectivity index (χ4n) is 3.18. The molecule has 3 heterocycles.